The molecule has 0 aliphatic heterocycles. The van der Waals surface area contributed by atoms with E-state index >= 15 is 0 Å². The van der Waals surface area contributed by atoms with Crippen LogP contribution in [0, 0.1) is 10.1 Å². The first-order valence-corrected chi connectivity index (χ1v) is 8.19. The molecule has 2 aromatic carbocycles. The third-order valence-electron chi connectivity index (χ3n) is 4.18. The van der Waals surface area contributed by atoms with Crippen LogP contribution in [0.25, 0.3) is 0 Å². The third kappa shape index (κ3) is 5.14. The fraction of sp³-hybridized carbons (Fsp3) is 0.263. The number of amides is 2. The van der Waals surface area contributed by atoms with E-state index in [0.717, 1.165) is 5.56 Å². The first-order chi connectivity index (χ1) is 12.4. The highest BCUT2D eigenvalue weighted by Crippen LogP contribution is 2.22. The van der Waals surface area contributed by atoms with E-state index in [1.54, 1.807) is 26.1 Å². The standard InChI is InChI=1S/C19H21N3O4/c1-14(16-9-6-10-17(12-16)22(25)26)21(2)19(24)13-20-18(23)11-15-7-4-3-5-8-15/h3-10,12,14H,11,13H2,1-2H3,(H,20,23)/t14-/m0/s1. The van der Waals surface area contributed by atoms with Crippen LogP contribution in [0.5, 0.6) is 0 Å². The number of carbonyl (C=O) groups is 2. The summed E-state index contributed by atoms with van der Waals surface area (Å²) < 4.78 is 0. The number of likely N-dealkylation sites (N-methyl/N-ethyl adjacent to an activating group) is 1. The van der Waals surface area contributed by atoms with Crippen LogP contribution in [0.4, 0.5) is 5.69 Å². The third-order valence-corrected chi connectivity index (χ3v) is 4.18. The van der Waals surface area contributed by atoms with E-state index in [-0.39, 0.29) is 36.5 Å². The summed E-state index contributed by atoms with van der Waals surface area (Å²) in [5, 5.41) is 13.5. The molecule has 0 bridgehead atoms. The van der Waals surface area contributed by atoms with Gasteiger partial charge in [0.15, 0.2) is 0 Å². The summed E-state index contributed by atoms with van der Waals surface area (Å²) in [5.74, 6) is -0.508. The largest absolute Gasteiger partial charge is 0.347 e. The van der Waals surface area contributed by atoms with Crippen LogP contribution < -0.4 is 5.32 Å². The number of carbonyl (C=O) groups excluding carboxylic acids is 2. The Morgan fingerprint density at radius 3 is 2.50 bits per heavy atom. The maximum atomic E-state index is 12.3. The van der Waals surface area contributed by atoms with E-state index in [2.05, 4.69) is 5.32 Å². The number of hydrogen-bond acceptors (Lipinski definition) is 4. The van der Waals surface area contributed by atoms with Crippen molar-refractivity contribution in [3.8, 4) is 0 Å². The molecule has 2 aromatic rings. The second kappa shape index (κ2) is 8.75. The van der Waals surface area contributed by atoms with E-state index in [4.69, 9.17) is 0 Å². The lowest BCUT2D eigenvalue weighted by molar-refractivity contribution is -0.384. The zero-order valence-corrected chi connectivity index (χ0v) is 14.7. The summed E-state index contributed by atoms with van der Waals surface area (Å²) in [4.78, 5) is 36.1. The molecule has 7 nitrogen and oxygen atoms in total. The molecule has 0 spiro atoms. The van der Waals surface area contributed by atoms with Crippen LogP contribution in [-0.4, -0.2) is 35.2 Å². The average Bonchev–Trinajstić information content (AvgIpc) is 2.65. The Balaban J connectivity index is 1.91. The van der Waals surface area contributed by atoms with Crippen LogP contribution in [0.2, 0.25) is 0 Å². The van der Waals surface area contributed by atoms with Gasteiger partial charge in [-0.05, 0) is 18.1 Å². The van der Waals surface area contributed by atoms with Gasteiger partial charge in [-0.25, -0.2) is 0 Å². The molecule has 0 unspecified atom stereocenters. The molecule has 0 fully saturated rings. The van der Waals surface area contributed by atoms with Crippen molar-refractivity contribution in [2.24, 2.45) is 0 Å². The average molecular weight is 355 g/mol. The molecule has 1 N–H and O–H groups in total. The minimum atomic E-state index is -0.470. The first-order valence-electron chi connectivity index (χ1n) is 8.19. The van der Waals surface area contributed by atoms with Crippen molar-refractivity contribution in [2.75, 3.05) is 13.6 Å². The van der Waals surface area contributed by atoms with Crippen LogP contribution in [0.3, 0.4) is 0 Å². The van der Waals surface area contributed by atoms with Crippen molar-refractivity contribution in [3.63, 3.8) is 0 Å². The SMILES string of the molecule is C[C@@H](c1cccc([N+](=O)[O-])c1)N(C)C(=O)CNC(=O)Cc1ccccc1. The zero-order valence-electron chi connectivity index (χ0n) is 14.7. The molecular formula is C19H21N3O4. The normalized spacial score (nSPS) is 11.5. The topological polar surface area (TPSA) is 92.6 Å². The van der Waals surface area contributed by atoms with Gasteiger partial charge in [0.05, 0.1) is 23.9 Å². The minimum Gasteiger partial charge on any atom is -0.347 e. The van der Waals surface area contributed by atoms with Crippen molar-refractivity contribution in [3.05, 3.63) is 75.8 Å². The van der Waals surface area contributed by atoms with Crippen molar-refractivity contribution < 1.29 is 14.5 Å². The molecule has 2 rings (SSSR count). The summed E-state index contributed by atoms with van der Waals surface area (Å²) >= 11 is 0. The number of hydrogen-bond donors (Lipinski definition) is 1. The van der Waals surface area contributed by atoms with Gasteiger partial charge in [0.25, 0.3) is 5.69 Å². The molecule has 0 saturated heterocycles. The van der Waals surface area contributed by atoms with E-state index in [1.165, 1.54) is 17.0 Å². The zero-order chi connectivity index (χ0) is 19.1. The molecule has 0 saturated carbocycles. The molecular weight excluding hydrogens is 334 g/mol. The Labute approximate surface area is 151 Å². The smallest absolute Gasteiger partial charge is 0.269 e. The fourth-order valence-corrected chi connectivity index (χ4v) is 2.48. The van der Waals surface area contributed by atoms with E-state index < -0.39 is 4.92 Å². The Kier molecular flexibility index (Phi) is 6.43. The van der Waals surface area contributed by atoms with Gasteiger partial charge < -0.3 is 10.2 Å². The minimum absolute atomic E-state index is 0.0219. The number of nitro benzene ring substituents is 1. The Morgan fingerprint density at radius 1 is 1.15 bits per heavy atom. The van der Waals surface area contributed by atoms with Gasteiger partial charge in [0, 0.05) is 19.2 Å². The van der Waals surface area contributed by atoms with Gasteiger partial charge in [-0.15, -0.1) is 0 Å². The van der Waals surface area contributed by atoms with E-state index in [9.17, 15) is 19.7 Å². The van der Waals surface area contributed by atoms with Crippen molar-refractivity contribution in [1.82, 2.24) is 10.2 Å². The highest BCUT2D eigenvalue weighted by atomic mass is 16.6. The maximum Gasteiger partial charge on any atom is 0.269 e. The van der Waals surface area contributed by atoms with Crippen LogP contribution in [0.1, 0.15) is 24.1 Å². The molecule has 0 aromatic heterocycles. The Bertz CT molecular complexity index is 792. The number of nitrogens with zero attached hydrogens (tertiary/aromatic N) is 2. The van der Waals surface area contributed by atoms with Gasteiger partial charge in [0.2, 0.25) is 11.8 Å². The molecule has 26 heavy (non-hydrogen) atoms. The molecule has 7 heteroatoms. The summed E-state index contributed by atoms with van der Waals surface area (Å²) in [6, 6.07) is 15.1. The Morgan fingerprint density at radius 2 is 1.85 bits per heavy atom. The lowest BCUT2D eigenvalue weighted by Crippen LogP contribution is -2.39. The number of nitrogens with one attached hydrogen (secondary N) is 1. The van der Waals surface area contributed by atoms with Gasteiger partial charge in [-0.3, -0.25) is 19.7 Å². The Hall–Kier alpha value is -3.22. The summed E-state index contributed by atoms with van der Waals surface area (Å²) in [6.07, 6.45) is 0.207. The predicted octanol–water partition coefficient (Wildman–Crippen LogP) is 2.47. The number of non-ortho nitro benzene ring substituents is 1. The van der Waals surface area contributed by atoms with E-state index in [1.807, 2.05) is 30.3 Å². The van der Waals surface area contributed by atoms with Crippen molar-refractivity contribution in [2.45, 2.75) is 19.4 Å². The predicted molar refractivity (Wildman–Crippen MR) is 97.4 cm³/mol. The van der Waals surface area contributed by atoms with E-state index in [0.29, 0.717) is 5.56 Å². The van der Waals surface area contributed by atoms with Gasteiger partial charge in [-0.1, -0.05) is 42.5 Å². The van der Waals surface area contributed by atoms with Gasteiger partial charge in [0.1, 0.15) is 0 Å². The number of rotatable bonds is 7. The second-order valence-corrected chi connectivity index (χ2v) is 5.97. The molecule has 2 amide bonds. The van der Waals surface area contributed by atoms with Crippen LogP contribution in [-0.2, 0) is 16.0 Å². The van der Waals surface area contributed by atoms with Crippen molar-refractivity contribution in [1.29, 1.82) is 0 Å². The highest BCUT2D eigenvalue weighted by Gasteiger charge is 2.19. The quantitative estimate of drug-likeness (QED) is 0.610. The lowest BCUT2D eigenvalue weighted by Gasteiger charge is -2.25. The molecule has 136 valence electrons. The number of nitro groups is 1. The van der Waals surface area contributed by atoms with Gasteiger partial charge in [-0.2, -0.15) is 0 Å². The monoisotopic (exact) mass is 355 g/mol. The molecule has 0 aliphatic rings. The second-order valence-electron chi connectivity index (χ2n) is 5.97. The highest BCUT2D eigenvalue weighted by molar-refractivity contribution is 5.85. The molecule has 0 radical (unpaired) electrons. The summed E-state index contributed by atoms with van der Waals surface area (Å²) in [5.41, 5.74) is 1.51. The molecule has 0 heterocycles. The molecule has 0 aliphatic carbocycles. The summed E-state index contributed by atoms with van der Waals surface area (Å²) in [7, 11) is 1.61. The van der Waals surface area contributed by atoms with Crippen LogP contribution >= 0.6 is 0 Å². The molecule has 1 atom stereocenters. The fourth-order valence-electron chi connectivity index (χ4n) is 2.48. The first kappa shape index (κ1) is 19.1. The van der Waals surface area contributed by atoms with Crippen LogP contribution in [0.15, 0.2) is 54.6 Å². The number of benzene rings is 2. The maximum absolute atomic E-state index is 12.3. The van der Waals surface area contributed by atoms with Gasteiger partial charge >= 0.3 is 0 Å². The lowest BCUT2D eigenvalue weighted by atomic mass is 10.1. The summed E-state index contributed by atoms with van der Waals surface area (Å²) in [6.45, 7) is 1.66. The van der Waals surface area contributed by atoms with Crippen molar-refractivity contribution >= 4 is 17.5 Å².